The number of amides is 2. The lowest BCUT2D eigenvalue weighted by Gasteiger charge is -2.13. The number of anilines is 1. The Morgan fingerprint density at radius 3 is 2.58 bits per heavy atom. The summed E-state index contributed by atoms with van der Waals surface area (Å²) < 4.78 is 48.8. The van der Waals surface area contributed by atoms with Crippen molar-refractivity contribution in [2.45, 2.75) is 11.4 Å². The van der Waals surface area contributed by atoms with Gasteiger partial charge in [-0.3, -0.25) is 14.5 Å². The number of hydrogen-bond donors (Lipinski definition) is 2. The van der Waals surface area contributed by atoms with Gasteiger partial charge in [0.05, 0.1) is 28.8 Å². The molecule has 1 fully saturated rings. The highest BCUT2D eigenvalue weighted by atomic mass is 79.9. The molecule has 3 N–H and O–H groups in total. The van der Waals surface area contributed by atoms with E-state index in [1.807, 2.05) is 0 Å². The van der Waals surface area contributed by atoms with E-state index < -0.39 is 21.7 Å². The van der Waals surface area contributed by atoms with Crippen LogP contribution in [0.3, 0.4) is 0 Å². The number of thioether (sulfide) groups is 1. The van der Waals surface area contributed by atoms with E-state index in [0.29, 0.717) is 32.1 Å². The van der Waals surface area contributed by atoms with Crippen molar-refractivity contribution in [2.24, 2.45) is 15.3 Å². The third-order valence-corrected chi connectivity index (χ3v) is 8.53. The Kier molecular flexibility index (Phi) is 9.93. The summed E-state index contributed by atoms with van der Waals surface area (Å²) in [5, 5.41) is 16.2. The number of rotatable bonds is 10. The minimum Gasteiger partial charge on any atom is -0.483 e. The van der Waals surface area contributed by atoms with Gasteiger partial charge in [-0.15, -0.1) is 5.10 Å². The van der Waals surface area contributed by atoms with Crippen molar-refractivity contribution in [2.75, 3.05) is 11.9 Å². The van der Waals surface area contributed by atoms with E-state index >= 15 is 0 Å². The first-order valence-electron chi connectivity index (χ1n) is 13.0. The lowest BCUT2D eigenvalue weighted by molar-refractivity contribution is -0.122. The van der Waals surface area contributed by atoms with Crippen LogP contribution in [0.2, 0.25) is 0 Å². The molecule has 1 aliphatic rings. The lowest BCUT2D eigenvalue weighted by Crippen LogP contribution is -2.28. The van der Waals surface area contributed by atoms with Gasteiger partial charge in [0.15, 0.2) is 11.8 Å². The molecule has 0 unspecified atom stereocenters. The average Bonchev–Trinajstić information content (AvgIpc) is 3.62. The molecule has 2 amide bonds. The quantitative estimate of drug-likeness (QED) is 0.128. The van der Waals surface area contributed by atoms with Crippen molar-refractivity contribution >= 4 is 72.7 Å². The molecule has 4 aromatic rings. The molecule has 0 spiro atoms. The predicted octanol–water partition coefficient (Wildman–Crippen LogP) is 5.35. The van der Waals surface area contributed by atoms with E-state index in [9.17, 15) is 22.4 Å². The van der Waals surface area contributed by atoms with Crippen LogP contribution in [-0.4, -0.2) is 43.1 Å². The number of nitrogens with zero attached hydrogens (tertiary/aromatic N) is 3. The van der Waals surface area contributed by atoms with Gasteiger partial charge in [0, 0.05) is 21.3 Å². The second-order valence-corrected chi connectivity index (χ2v) is 12.8. The van der Waals surface area contributed by atoms with Crippen LogP contribution < -0.4 is 15.2 Å². The zero-order valence-corrected chi connectivity index (χ0v) is 26.3. The Labute approximate surface area is 269 Å². The fraction of sp³-hybridized carbons (Fsp3) is 0.0667. The number of nitrogens with two attached hydrogens (primary N) is 1. The van der Waals surface area contributed by atoms with Crippen molar-refractivity contribution in [3.05, 3.63) is 117 Å². The van der Waals surface area contributed by atoms with Crippen LogP contribution in [0.1, 0.15) is 16.9 Å². The number of nitrogens with one attached hydrogen (secondary N) is 1. The summed E-state index contributed by atoms with van der Waals surface area (Å²) in [5.41, 5.74) is 1.09. The van der Waals surface area contributed by atoms with E-state index in [0.717, 1.165) is 11.8 Å². The summed E-state index contributed by atoms with van der Waals surface area (Å²) in [6.45, 7) is -0.289. The minimum absolute atomic E-state index is 0.0866. The molecule has 0 bridgehead atoms. The van der Waals surface area contributed by atoms with E-state index in [1.165, 1.54) is 47.7 Å². The highest BCUT2D eigenvalue weighted by molar-refractivity contribution is 9.10. The summed E-state index contributed by atoms with van der Waals surface area (Å²) in [5.74, 6) is -0.492. The summed E-state index contributed by atoms with van der Waals surface area (Å²) in [4.78, 5) is 27.7. The average molecular weight is 713 g/mol. The second kappa shape index (κ2) is 14.0. The number of carbonyl (C=O) groups is 2. The van der Waals surface area contributed by atoms with E-state index in [-0.39, 0.29) is 34.7 Å². The van der Waals surface area contributed by atoms with Crippen molar-refractivity contribution in [1.29, 1.82) is 0 Å². The predicted molar refractivity (Wildman–Crippen MR) is 172 cm³/mol. The number of benzene rings is 3. The molecule has 5 rings (SSSR count). The highest BCUT2D eigenvalue weighted by Gasteiger charge is 2.34. The Morgan fingerprint density at radius 2 is 1.87 bits per heavy atom. The van der Waals surface area contributed by atoms with Crippen LogP contribution in [-0.2, 0) is 26.2 Å². The largest absolute Gasteiger partial charge is 0.483 e. The molecule has 1 aliphatic heterocycles. The molecule has 0 radical (unpaired) electrons. The van der Waals surface area contributed by atoms with Gasteiger partial charge in [0.25, 0.3) is 11.8 Å². The Bertz CT molecular complexity index is 1930. The van der Waals surface area contributed by atoms with Crippen molar-refractivity contribution in [3.63, 3.8) is 0 Å². The maximum atomic E-state index is 14.0. The van der Waals surface area contributed by atoms with Crippen LogP contribution in [0.25, 0.3) is 6.08 Å². The number of ether oxygens (including phenoxy) is 1. The van der Waals surface area contributed by atoms with E-state index in [4.69, 9.17) is 14.3 Å². The van der Waals surface area contributed by atoms with Gasteiger partial charge in [-0.2, -0.15) is 5.10 Å². The second-order valence-electron chi connectivity index (χ2n) is 9.32. The standard InChI is InChI=1S/C30H23BrFN5O6S2/c31-21-7-12-26(43-18-28(38)35-22-8-10-24(11-9-22)45(33,40)41)20(14-21)15-27-29(39)37(17-23-5-3-13-42-23)30(44-27)36-34-16-19-4-1-2-6-25(19)32/h1-16H,17-18H2,(H,35,38)(H2,33,40,41)/b27-15-,34-16-,36-30+. The van der Waals surface area contributed by atoms with Gasteiger partial charge in [0.1, 0.15) is 17.3 Å². The fourth-order valence-corrected chi connectivity index (χ4v) is 5.79. The maximum absolute atomic E-state index is 14.0. The molecule has 230 valence electrons. The molecule has 0 aliphatic carbocycles. The molecule has 1 saturated heterocycles. The van der Waals surface area contributed by atoms with Crippen LogP contribution in [0.4, 0.5) is 10.1 Å². The maximum Gasteiger partial charge on any atom is 0.267 e. The SMILES string of the molecule is NS(=O)(=O)c1ccc(NC(=O)COc2ccc(Br)cc2/C=C2\S/C(=N/N=C\c3ccccc3F)N(Cc3ccco3)C2=O)cc1. The summed E-state index contributed by atoms with van der Waals surface area (Å²) in [6.07, 6.45) is 4.36. The topological polar surface area (TPSA) is 157 Å². The molecule has 15 heteroatoms. The van der Waals surface area contributed by atoms with Crippen molar-refractivity contribution in [1.82, 2.24) is 4.90 Å². The molecule has 0 atom stereocenters. The first kappa shape index (κ1) is 31.8. The van der Waals surface area contributed by atoms with Crippen molar-refractivity contribution < 1.29 is 31.6 Å². The zero-order valence-electron chi connectivity index (χ0n) is 23.1. The number of halogens is 2. The minimum atomic E-state index is -3.86. The summed E-state index contributed by atoms with van der Waals surface area (Å²) in [6, 6.07) is 20.0. The molecule has 11 nitrogen and oxygen atoms in total. The van der Waals surface area contributed by atoms with Crippen LogP contribution in [0, 0.1) is 5.82 Å². The first-order chi connectivity index (χ1) is 21.6. The Morgan fingerprint density at radius 1 is 1.09 bits per heavy atom. The number of primary sulfonamides is 1. The first-order valence-corrected chi connectivity index (χ1v) is 16.2. The molecule has 1 aromatic heterocycles. The number of hydrogen-bond acceptors (Lipinski definition) is 9. The molecule has 45 heavy (non-hydrogen) atoms. The zero-order chi connectivity index (χ0) is 32.0. The summed E-state index contributed by atoms with van der Waals surface area (Å²) in [7, 11) is -3.86. The normalized spacial score (nSPS) is 15.4. The van der Waals surface area contributed by atoms with E-state index in [2.05, 4.69) is 31.4 Å². The van der Waals surface area contributed by atoms with Gasteiger partial charge >= 0.3 is 0 Å². The third kappa shape index (κ3) is 8.33. The molecular weight excluding hydrogens is 689 g/mol. The number of amidine groups is 1. The number of furan rings is 1. The van der Waals surface area contributed by atoms with Gasteiger partial charge in [-0.25, -0.2) is 17.9 Å². The van der Waals surface area contributed by atoms with Gasteiger partial charge in [-0.05, 0) is 78.5 Å². The Balaban J connectivity index is 1.34. The monoisotopic (exact) mass is 711 g/mol. The third-order valence-electron chi connectivity index (χ3n) is 6.11. The van der Waals surface area contributed by atoms with Crippen molar-refractivity contribution in [3.8, 4) is 5.75 Å². The number of sulfonamides is 1. The van der Waals surface area contributed by atoms with Crippen LogP contribution >= 0.6 is 27.7 Å². The molecule has 3 aromatic carbocycles. The van der Waals surface area contributed by atoms with Gasteiger partial charge < -0.3 is 14.5 Å². The smallest absolute Gasteiger partial charge is 0.267 e. The summed E-state index contributed by atoms with van der Waals surface area (Å²) >= 11 is 4.49. The fourth-order valence-electron chi connectivity index (χ4n) is 3.97. The van der Waals surface area contributed by atoms with Gasteiger partial charge in [0.2, 0.25) is 10.0 Å². The molecule has 0 saturated carbocycles. The molecule has 2 heterocycles. The van der Waals surface area contributed by atoms with Crippen LogP contribution in [0.15, 0.2) is 114 Å². The number of carbonyl (C=O) groups excluding carboxylic acids is 2. The Hall–Kier alpha value is -4.57. The lowest BCUT2D eigenvalue weighted by atomic mass is 10.2. The van der Waals surface area contributed by atoms with Crippen LogP contribution in [0.5, 0.6) is 5.75 Å². The van der Waals surface area contributed by atoms with Gasteiger partial charge in [-0.1, -0.05) is 34.1 Å². The van der Waals surface area contributed by atoms with E-state index in [1.54, 1.807) is 54.6 Å². The highest BCUT2D eigenvalue weighted by Crippen LogP contribution is 2.36. The molecular formula is C30H23BrFN5O6S2.